The van der Waals surface area contributed by atoms with Crippen LogP contribution in [-0.2, 0) is 22.5 Å². The number of anilines is 1. The maximum Gasteiger partial charge on any atom is 0.411 e. The van der Waals surface area contributed by atoms with Gasteiger partial charge in [-0.25, -0.2) is 9.78 Å². The van der Waals surface area contributed by atoms with Crippen LogP contribution in [0, 0.1) is 6.92 Å². The Hall–Kier alpha value is -3.19. The van der Waals surface area contributed by atoms with Crippen molar-refractivity contribution in [3.63, 3.8) is 0 Å². The molecule has 7 heteroatoms. The topological polar surface area (TPSA) is 80.3 Å². The van der Waals surface area contributed by atoms with E-state index in [1.54, 1.807) is 23.5 Å². The summed E-state index contributed by atoms with van der Waals surface area (Å²) in [5.41, 5.74) is 4.54. The molecule has 0 aliphatic carbocycles. The number of carbonyl (C=O) groups is 2. The van der Waals surface area contributed by atoms with Gasteiger partial charge in [-0.05, 0) is 30.2 Å². The van der Waals surface area contributed by atoms with Crippen molar-refractivity contribution < 1.29 is 14.3 Å². The van der Waals surface area contributed by atoms with E-state index in [9.17, 15) is 9.59 Å². The molecule has 1 heterocycles. The molecule has 2 N–H and O–H groups in total. The number of aryl methyl sites for hydroxylation is 1. The molecule has 0 spiro atoms. The van der Waals surface area contributed by atoms with E-state index < -0.39 is 6.09 Å². The lowest BCUT2D eigenvalue weighted by atomic mass is 10.1. The lowest BCUT2D eigenvalue weighted by Crippen LogP contribution is -2.24. The van der Waals surface area contributed by atoms with Crippen molar-refractivity contribution in [3.05, 3.63) is 70.0 Å². The number of nitrogens with one attached hydrogen (secondary N) is 2. The second kappa shape index (κ2) is 9.14. The molecule has 144 valence electrons. The van der Waals surface area contributed by atoms with Crippen LogP contribution in [0.25, 0.3) is 11.3 Å². The largest absolute Gasteiger partial charge is 0.453 e. The van der Waals surface area contributed by atoms with Gasteiger partial charge in [-0.1, -0.05) is 36.4 Å². The molecule has 0 saturated carbocycles. The van der Waals surface area contributed by atoms with Crippen molar-refractivity contribution in [1.29, 1.82) is 0 Å². The van der Waals surface area contributed by atoms with Gasteiger partial charge in [-0.2, -0.15) is 0 Å². The second-order valence-corrected chi connectivity index (χ2v) is 7.28. The number of hydrogen-bond acceptors (Lipinski definition) is 5. The van der Waals surface area contributed by atoms with E-state index in [1.165, 1.54) is 7.11 Å². The molecule has 0 radical (unpaired) electrons. The number of aromatic nitrogens is 1. The van der Waals surface area contributed by atoms with Crippen LogP contribution in [0.1, 0.15) is 16.1 Å². The van der Waals surface area contributed by atoms with Crippen molar-refractivity contribution in [2.24, 2.45) is 0 Å². The molecule has 0 unspecified atom stereocenters. The summed E-state index contributed by atoms with van der Waals surface area (Å²) >= 11 is 1.62. The standard InChI is InChI=1S/C21H21N3O3S/c1-14-23-19(13-28-14)17-7-3-15(4-8-17)11-20(25)22-12-16-5-9-18(10-6-16)24-21(26)27-2/h3-10,13H,11-12H2,1-2H3,(H,22,25)(H,24,26). The van der Waals surface area contributed by atoms with Crippen LogP contribution >= 0.6 is 11.3 Å². The summed E-state index contributed by atoms with van der Waals surface area (Å²) in [6, 6.07) is 15.1. The van der Waals surface area contributed by atoms with Gasteiger partial charge < -0.3 is 10.1 Å². The molecule has 0 atom stereocenters. The smallest absolute Gasteiger partial charge is 0.411 e. The van der Waals surface area contributed by atoms with Gasteiger partial charge in [-0.3, -0.25) is 10.1 Å². The van der Waals surface area contributed by atoms with Crippen LogP contribution in [0.3, 0.4) is 0 Å². The molecule has 3 aromatic rings. The fourth-order valence-electron chi connectivity index (χ4n) is 2.61. The minimum atomic E-state index is -0.517. The molecule has 2 amide bonds. The number of rotatable bonds is 6. The number of amides is 2. The highest BCUT2D eigenvalue weighted by Crippen LogP contribution is 2.22. The summed E-state index contributed by atoms with van der Waals surface area (Å²) in [5, 5.41) is 8.55. The zero-order valence-electron chi connectivity index (χ0n) is 15.7. The lowest BCUT2D eigenvalue weighted by molar-refractivity contribution is -0.120. The van der Waals surface area contributed by atoms with E-state index in [4.69, 9.17) is 0 Å². The number of thiazole rings is 1. The highest BCUT2D eigenvalue weighted by Gasteiger charge is 2.06. The summed E-state index contributed by atoms with van der Waals surface area (Å²) in [5.74, 6) is -0.0472. The number of nitrogens with zero attached hydrogens (tertiary/aromatic N) is 1. The van der Waals surface area contributed by atoms with Crippen LogP contribution < -0.4 is 10.6 Å². The quantitative estimate of drug-likeness (QED) is 0.657. The van der Waals surface area contributed by atoms with E-state index in [-0.39, 0.29) is 5.91 Å². The third-order valence-electron chi connectivity index (χ3n) is 4.11. The predicted molar refractivity (Wildman–Crippen MR) is 110 cm³/mol. The predicted octanol–water partition coefficient (Wildman–Crippen LogP) is 4.16. The maximum absolute atomic E-state index is 12.2. The molecule has 0 aliphatic heterocycles. The molecule has 2 aromatic carbocycles. The van der Waals surface area contributed by atoms with Crippen LogP contribution in [0.4, 0.5) is 10.5 Å². The summed E-state index contributed by atoms with van der Waals surface area (Å²) < 4.78 is 4.54. The molecule has 1 aromatic heterocycles. The van der Waals surface area contributed by atoms with Gasteiger partial charge in [0.25, 0.3) is 0 Å². The Morgan fingerprint density at radius 3 is 2.32 bits per heavy atom. The first-order valence-electron chi connectivity index (χ1n) is 8.75. The molecule has 0 bridgehead atoms. The highest BCUT2D eigenvalue weighted by atomic mass is 32.1. The molecule has 0 saturated heterocycles. The minimum Gasteiger partial charge on any atom is -0.453 e. The van der Waals surface area contributed by atoms with E-state index in [2.05, 4.69) is 20.4 Å². The Morgan fingerprint density at radius 1 is 1.04 bits per heavy atom. The number of hydrogen-bond donors (Lipinski definition) is 2. The summed E-state index contributed by atoms with van der Waals surface area (Å²) in [6.07, 6.45) is -0.199. The molecule has 28 heavy (non-hydrogen) atoms. The van der Waals surface area contributed by atoms with Gasteiger partial charge in [0, 0.05) is 23.2 Å². The van der Waals surface area contributed by atoms with Crippen molar-refractivity contribution in [2.75, 3.05) is 12.4 Å². The number of carbonyl (C=O) groups excluding carboxylic acids is 2. The van der Waals surface area contributed by atoms with Gasteiger partial charge >= 0.3 is 6.09 Å². The van der Waals surface area contributed by atoms with Crippen LogP contribution in [-0.4, -0.2) is 24.1 Å². The lowest BCUT2D eigenvalue weighted by Gasteiger charge is -2.08. The third kappa shape index (κ3) is 5.40. The normalized spacial score (nSPS) is 10.4. The molecule has 6 nitrogen and oxygen atoms in total. The van der Waals surface area contributed by atoms with Crippen molar-refractivity contribution >= 4 is 29.0 Å². The fraction of sp³-hybridized carbons (Fsp3) is 0.190. The van der Waals surface area contributed by atoms with Gasteiger partial charge in [0.1, 0.15) is 0 Å². The van der Waals surface area contributed by atoms with Gasteiger partial charge in [0.15, 0.2) is 0 Å². The Bertz CT molecular complexity index is 950. The molecule has 3 rings (SSSR count). The van der Waals surface area contributed by atoms with Crippen LogP contribution in [0.2, 0.25) is 0 Å². The SMILES string of the molecule is COC(=O)Nc1ccc(CNC(=O)Cc2ccc(-c3csc(C)n3)cc2)cc1. The average molecular weight is 395 g/mol. The van der Waals surface area contributed by atoms with Gasteiger partial charge in [-0.15, -0.1) is 11.3 Å². The van der Waals surface area contributed by atoms with Gasteiger partial charge in [0.05, 0.1) is 24.2 Å². The zero-order chi connectivity index (χ0) is 19.9. The number of methoxy groups -OCH3 is 1. The molecule has 0 aliphatic rings. The Balaban J connectivity index is 1.49. The first-order valence-corrected chi connectivity index (χ1v) is 9.63. The summed E-state index contributed by atoms with van der Waals surface area (Å²) in [4.78, 5) is 27.8. The summed E-state index contributed by atoms with van der Waals surface area (Å²) in [7, 11) is 1.31. The van der Waals surface area contributed by atoms with E-state index in [1.807, 2.05) is 48.7 Å². The Labute approximate surface area is 167 Å². The number of benzene rings is 2. The van der Waals surface area contributed by atoms with Crippen LogP contribution in [0.5, 0.6) is 0 Å². The maximum atomic E-state index is 12.2. The third-order valence-corrected chi connectivity index (χ3v) is 4.88. The minimum absolute atomic E-state index is 0.0472. The molecular formula is C21H21N3O3S. The van der Waals surface area contributed by atoms with E-state index >= 15 is 0 Å². The fourth-order valence-corrected chi connectivity index (χ4v) is 3.23. The number of ether oxygens (including phenoxy) is 1. The van der Waals surface area contributed by atoms with E-state index in [0.29, 0.717) is 18.7 Å². The second-order valence-electron chi connectivity index (χ2n) is 6.22. The Kier molecular flexibility index (Phi) is 6.39. The molecule has 0 fully saturated rings. The average Bonchev–Trinajstić information content (AvgIpc) is 3.14. The van der Waals surface area contributed by atoms with E-state index in [0.717, 1.165) is 27.4 Å². The Morgan fingerprint density at radius 2 is 1.71 bits per heavy atom. The van der Waals surface area contributed by atoms with Crippen molar-refractivity contribution in [2.45, 2.75) is 19.9 Å². The molecular weight excluding hydrogens is 374 g/mol. The first kappa shape index (κ1) is 19.6. The van der Waals surface area contributed by atoms with Crippen LogP contribution in [0.15, 0.2) is 53.9 Å². The van der Waals surface area contributed by atoms with Crippen molar-refractivity contribution in [1.82, 2.24) is 10.3 Å². The van der Waals surface area contributed by atoms with Gasteiger partial charge in [0.2, 0.25) is 5.91 Å². The first-order chi connectivity index (χ1) is 13.5. The monoisotopic (exact) mass is 395 g/mol. The zero-order valence-corrected chi connectivity index (χ0v) is 16.5. The van der Waals surface area contributed by atoms with Crippen molar-refractivity contribution in [3.8, 4) is 11.3 Å². The summed E-state index contributed by atoms with van der Waals surface area (Å²) in [6.45, 7) is 2.41. The highest BCUT2D eigenvalue weighted by molar-refractivity contribution is 7.09.